The SMILES string of the molecule is N#CN=C1C=CC(=N)C=C1. The van der Waals surface area contributed by atoms with E-state index in [2.05, 4.69) is 4.99 Å². The molecule has 1 N–H and O–H groups in total. The van der Waals surface area contributed by atoms with Crippen LogP contribution in [-0.4, -0.2) is 11.4 Å². The summed E-state index contributed by atoms with van der Waals surface area (Å²) in [6.45, 7) is 0. The third-order valence-electron chi connectivity index (χ3n) is 1.05. The summed E-state index contributed by atoms with van der Waals surface area (Å²) in [7, 11) is 0. The van der Waals surface area contributed by atoms with Crippen molar-refractivity contribution in [3.63, 3.8) is 0 Å². The van der Waals surface area contributed by atoms with Gasteiger partial charge in [0.1, 0.15) is 0 Å². The third kappa shape index (κ3) is 1.39. The average Bonchev–Trinajstić information content (AvgIpc) is 1.95. The van der Waals surface area contributed by atoms with Gasteiger partial charge in [-0.25, -0.2) is 0 Å². The molecule has 0 unspecified atom stereocenters. The highest BCUT2D eigenvalue weighted by Crippen LogP contribution is 1.94. The molecule has 0 heterocycles. The van der Waals surface area contributed by atoms with Crippen LogP contribution in [0.1, 0.15) is 0 Å². The minimum atomic E-state index is 0.428. The van der Waals surface area contributed by atoms with Crippen LogP contribution >= 0.6 is 0 Å². The first-order chi connectivity index (χ1) is 4.83. The molecule has 0 bridgehead atoms. The summed E-state index contributed by atoms with van der Waals surface area (Å²) >= 11 is 0. The lowest BCUT2D eigenvalue weighted by molar-refractivity contribution is 1.44. The summed E-state index contributed by atoms with van der Waals surface area (Å²) in [5, 5.41) is 15.2. The molecule has 0 atom stereocenters. The van der Waals surface area contributed by atoms with E-state index < -0.39 is 0 Å². The minimum absolute atomic E-state index is 0.428. The molecule has 0 aromatic carbocycles. The van der Waals surface area contributed by atoms with Gasteiger partial charge in [-0.1, -0.05) is 0 Å². The van der Waals surface area contributed by atoms with Gasteiger partial charge in [-0.2, -0.15) is 10.3 Å². The molecule has 48 valence electrons. The van der Waals surface area contributed by atoms with Gasteiger partial charge in [-0.05, 0) is 24.3 Å². The molecule has 1 rings (SSSR count). The second-order valence-electron chi connectivity index (χ2n) is 1.76. The van der Waals surface area contributed by atoms with E-state index in [9.17, 15) is 0 Å². The Morgan fingerprint density at radius 2 is 1.90 bits per heavy atom. The fourth-order valence-corrected chi connectivity index (χ4v) is 0.594. The second kappa shape index (κ2) is 2.74. The van der Waals surface area contributed by atoms with Crippen LogP contribution in [0.3, 0.4) is 0 Å². The molecule has 1 aliphatic carbocycles. The Morgan fingerprint density at radius 3 is 2.40 bits per heavy atom. The summed E-state index contributed by atoms with van der Waals surface area (Å²) in [5.41, 5.74) is 1.02. The van der Waals surface area contributed by atoms with E-state index in [-0.39, 0.29) is 0 Å². The molecule has 0 saturated heterocycles. The van der Waals surface area contributed by atoms with E-state index in [1.165, 1.54) is 0 Å². The van der Waals surface area contributed by atoms with E-state index in [0.29, 0.717) is 11.4 Å². The van der Waals surface area contributed by atoms with Crippen LogP contribution < -0.4 is 0 Å². The molecule has 1 aliphatic rings. The van der Waals surface area contributed by atoms with Crippen LogP contribution in [-0.2, 0) is 0 Å². The van der Waals surface area contributed by atoms with E-state index in [0.717, 1.165) is 0 Å². The van der Waals surface area contributed by atoms with Crippen LogP contribution in [0.5, 0.6) is 0 Å². The smallest absolute Gasteiger partial charge is 0.206 e. The number of hydrogen-bond donors (Lipinski definition) is 1. The first-order valence-corrected chi connectivity index (χ1v) is 2.74. The molecule has 0 aliphatic heterocycles. The zero-order valence-electron chi connectivity index (χ0n) is 5.20. The lowest BCUT2D eigenvalue weighted by atomic mass is 10.1. The summed E-state index contributed by atoms with van der Waals surface area (Å²) in [6.07, 6.45) is 8.12. The average molecular weight is 131 g/mol. The van der Waals surface area contributed by atoms with Gasteiger partial charge in [-0.3, -0.25) is 0 Å². The minimum Gasteiger partial charge on any atom is -0.301 e. The topological polar surface area (TPSA) is 60.0 Å². The maximum atomic E-state index is 8.13. The predicted molar refractivity (Wildman–Crippen MR) is 39.1 cm³/mol. The molecular weight excluding hydrogens is 126 g/mol. The maximum absolute atomic E-state index is 8.13. The predicted octanol–water partition coefficient (Wildman–Crippen LogP) is 1.05. The number of nitrogens with one attached hydrogen (secondary N) is 1. The quantitative estimate of drug-likeness (QED) is 0.387. The zero-order valence-corrected chi connectivity index (χ0v) is 5.20. The van der Waals surface area contributed by atoms with Gasteiger partial charge in [0.25, 0.3) is 0 Å². The Labute approximate surface area is 58.5 Å². The number of aliphatic imine (C=N–C) groups is 1. The first-order valence-electron chi connectivity index (χ1n) is 2.74. The van der Waals surface area contributed by atoms with Crippen molar-refractivity contribution in [1.29, 1.82) is 10.7 Å². The highest BCUT2D eigenvalue weighted by molar-refractivity contribution is 6.17. The van der Waals surface area contributed by atoms with Gasteiger partial charge < -0.3 is 5.41 Å². The number of rotatable bonds is 0. The number of nitrogens with zero attached hydrogens (tertiary/aromatic N) is 2. The molecule has 10 heavy (non-hydrogen) atoms. The van der Waals surface area contributed by atoms with Crippen molar-refractivity contribution in [1.82, 2.24) is 0 Å². The second-order valence-corrected chi connectivity index (χ2v) is 1.76. The van der Waals surface area contributed by atoms with Crippen molar-refractivity contribution in [2.45, 2.75) is 0 Å². The highest BCUT2D eigenvalue weighted by atomic mass is 14.7. The molecule has 0 radical (unpaired) electrons. The Morgan fingerprint density at radius 1 is 1.30 bits per heavy atom. The Hall–Kier alpha value is -1.69. The van der Waals surface area contributed by atoms with E-state index in [4.69, 9.17) is 10.7 Å². The molecule has 3 heteroatoms. The summed E-state index contributed by atoms with van der Waals surface area (Å²) < 4.78 is 0. The van der Waals surface area contributed by atoms with Crippen LogP contribution in [0.15, 0.2) is 29.3 Å². The van der Waals surface area contributed by atoms with Crippen molar-refractivity contribution in [3.05, 3.63) is 24.3 Å². The lowest BCUT2D eigenvalue weighted by Crippen LogP contribution is -1.97. The standard InChI is InChI=1S/C7H5N3/c8-5-10-7-3-1-6(9)2-4-7/h1-4,9H. The molecule has 0 saturated carbocycles. The Bertz CT molecular complexity index is 258. The van der Waals surface area contributed by atoms with Crippen LogP contribution in [0.25, 0.3) is 0 Å². The van der Waals surface area contributed by atoms with Gasteiger partial charge >= 0.3 is 0 Å². The molecule has 0 fully saturated rings. The lowest BCUT2D eigenvalue weighted by Gasteiger charge is -1.94. The molecular formula is C7H5N3. The van der Waals surface area contributed by atoms with Crippen molar-refractivity contribution >= 4 is 11.4 Å². The monoisotopic (exact) mass is 131 g/mol. The molecule has 0 aromatic rings. The normalized spacial score (nSPS) is 15.1. The van der Waals surface area contributed by atoms with Gasteiger partial charge in [0.15, 0.2) is 0 Å². The van der Waals surface area contributed by atoms with E-state index in [1.54, 1.807) is 30.5 Å². The molecule has 3 nitrogen and oxygen atoms in total. The van der Waals surface area contributed by atoms with Gasteiger partial charge in [0.2, 0.25) is 6.19 Å². The summed E-state index contributed by atoms with van der Waals surface area (Å²) in [5.74, 6) is 0. The number of hydrogen-bond acceptors (Lipinski definition) is 3. The van der Waals surface area contributed by atoms with Crippen molar-refractivity contribution in [2.75, 3.05) is 0 Å². The van der Waals surface area contributed by atoms with E-state index >= 15 is 0 Å². The van der Waals surface area contributed by atoms with Crippen molar-refractivity contribution < 1.29 is 0 Å². The largest absolute Gasteiger partial charge is 0.301 e. The molecule has 0 amide bonds. The van der Waals surface area contributed by atoms with Gasteiger partial charge in [0, 0.05) is 0 Å². The molecule has 0 spiro atoms. The fraction of sp³-hybridized carbons (Fsp3) is 0. The summed E-state index contributed by atoms with van der Waals surface area (Å²) in [6, 6.07) is 0. The third-order valence-corrected chi connectivity index (χ3v) is 1.05. The Kier molecular flexibility index (Phi) is 1.76. The van der Waals surface area contributed by atoms with Gasteiger partial charge in [-0.15, -0.1) is 0 Å². The number of nitriles is 1. The van der Waals surface area contributed by atoms with Crippen molar-refractivity contribution in [3.8, 4) is 6.19 Å². The van der Waals surface area contributed by atoms with Crippen LogP contribution in [0.2, 0.25) is 0 Å². The molecule has 0 aromatic heterocycles. The van der Waals surface area contributed by atoms with Crippen LogP contribution in [0, 0.1) is 16.9 Å². The van der Waals surface area contributed by atoms with E-state index in [1.807, 2.05) is 0 Å². The number of allylic oxidation sites excluding steroid dienone is 4. The Balaban J connectivity index is 2.83. The first kappa shape index (κ1) is 6.43. The fourth-order valence-electron chi connectivity index (χ4n) is 0.594. The van der Waals surface area contributed by atoms with Crippen molar-refractivity contribution in [2.24, 2.45) is 4.99 Å². The summed E-state index contributed by atoms with van der Waals surface area (Å²) in [4.78, 5) is 3.47. The van der Waals surface area contributed by atoms with Crippen LogP contribution in [0.4, 0.5) is 0 Å². The maximum Gasteiger partial charge on any atom is 0.206 e. The van der Waals surface area contributed by atoms with Gasteiger partial charge in [0.05, 0.1) is 11.4 Å². The zero-order chi connectivity index (χ0) is 7.40. The highest BCUT2D eigenvalue weighted by Gasteiger charge is 1.94.